The number of hydrogen-bond donors (Lipinski definition) is 1. The summed E-state index contributed by atoms with van der Waals surface area (Å²) in [6.45, 7) is 6.68. The molecule has 0 radical (unpaired) electrons. The van der Waals surface area contributed by atoms with Gasteiger partial charge in [0.15, 0.2) is 0 Å². The Morgan fingerprint density at radius 3 is 2.60 bits per heavy atom. The molecule has 1 aromatic rings. The molecule has 0 unspecified atom stereocenters. The largest absolute Gasteiger partial charge is 0.323 e. The van der Waals surface area contributed by atoms with Crippen LogP contribution in [0.1, 0.15) is 49.4 Å². The van der Waals surface area contributed by atoms with Crippen molar-refractivity contribution in [2.75, 3.05) is 0 Å². The first-order valence-corrected chi connectivity index (χ1v) is 5.98. The zero-order valence-electron chi connectivity index (χ0n) is 10.0. The predicted octanol–water partition coefficient (Wildman–Crippen LogP) is 3.36. The normalized spacial score (nSPS) is 22.8. The summed E-state index contributed by atoms with van der Waals surface area (Å²) in [6.07, 6.45) is 3.52. The molecule has 1 heteroatoms. The van der Waals surface area contributed by atoms with Gasteiger partial charge in [-0.25, -0.2) is 0 Å². The molecule has 1 aliphatic rings. The van der Waals surface area contributed by atoms with Crippen LogP contribution >= 0.6 is 0 Å². The molecule has 2 rings (SSSR count). The van der Waals surface area contributed by atoms with Crippen molar-refractivity contribution in [1.82, 2.24) is 0 Å². The first kappa shape index (κ1) is 10.7. The van der Waals surface area contributed by atoms with E-state index in [0.29, 0.717) is 5.41 Å². The van der Waals surface area contributed by atoms with Gasteiger partial charge in [-0.1, -0.05) is 37.6 Å². The number of nitrogens with two attached hydrogens (primary N) is 1. The van der Waals surface area contributed by atoms with Crippen LogP contribution in [0.3, 0.4) is 0 Å². The van der Waals surface area contributed by atoms with E-state index < -0.39 is 0 Å². The van der Waals surface area contributed by atoms with Crippen LogP contribution in [0, 0.1) is 12.3 Å². The standard InChI is InChI=1S/C14H21N/c1-4-14(5-2)9-11-7-6-10(3)8-12(11)13(14)15/h6-8,13H,4-5,9,15H2,1-3H3/t13-/m1/s1. The summed E-state index contributed by atoms with van der Waals surface area (Å²) in [7, 11) is 0. The summed E-state index contributed by atoms with van der Waals surface area (Å²) in [6, 6.07) is 6.97. The fraction of sp³-hybridized carbons (Fsp3) is 0.571. The van der Waals surface area contributed by atoms with E-state index >= 15 is 0 Å². The van der Waals surface area contributed by atoms with E-state index in [1.54, 1.807) is 0 Å². The molecule has 1 aliphatic carbocycles. The molecule has 82 valence electrons. The van der Waals surface area contributed by atoms with Crippen LogP contribution < -0.4 is 5.73 Å². The third-order valence-corrected chi connectivity index (χ3v) is 4.25. The van der Waals surface area contributed by atoms with Crippen LogP contribution in [-0.4, -0.2) is 0 Å². The molecule has 0 aromatic heterocycles. The SMILES string of the molecule is CCC1(CC)Cc2ccc(C)cc2[C@H]1N. The molecule has 0 saturated heterocycles. The number of benzene rings is 1. The van der Waals surface area contributed by atoms with Crippen LogP contribution in [0.4, 0.5) is 0 Å². The number of aryl methyl sites for hydroxylation is 1. The Hall–Kier alpha value is -0.820. The molecule has 0 saturated carbocycles. The van der Waals surface area contributed by atoms with Crippen molar-refractivity contribution in [2.24, 2.45) is 11.1 Å². The molecule has 15 heavy (non-hydrogen) atoms. The highest BCUT2D eigenvalue weighted by Gasteiger charge is 2.41. The van der Waals surface area contributed by atoms with Crippen LogP contribution in [0.5, 0.6) is 0 Å². The van der Waals surface area contributed by atoms with Crippen molar-refractivity contribution in [3.05, 3.63) is 34.9 Å². The summed E-state index contributed by atoms with van der Waals surface area (Å²) in [4.78, 5) is 0. The molecule has 1 atom stereocenters. The number of rotatable bonds is 2. The topological polar surface area (TPSA) is 26.0 Å². The van der Waals surface area contributed by atoms with E-state index in [1.165, 1.54) is 29.5 Å². The molecule has 1 aromatic carbocycles. The third-order valence-electron chi connectivity index (χ3n) is 4.25. The maximum absolute atomic E-state index is 6.42. The highest BCUT2D eigenvalue weighted by atomic mass is 14.7. The monoisotopic (exact) mass is 203 g/mol. The molecule has 2 N–H and O–H groups in total. The van der Waals surface area contributed by atoms with E-state index in [0.717, 1.165) is 6.42 Å². The van der Waals surface area contributed by atoms with Crippen molar-refractivity contribution >= 4 is 0 Å². The lowest BCUT2D eigenvalue weighted by Crippen LogP contribution is -2.30. The maximum atomic E-state index is 6.42. The Balaban J connectivity index is 2.44. The van der Waals surface area contributed by atoms with E-state index in [9.17, 15) is 0 Å². The van der Waals surface area contributed by atoms with Crippen LogP contribution in [0.15, 0.2) is 18.2 Å². The van der Waals surface area contributed by atoms with Gasteiger partial charge in [0.1, 0.15) is 0 Å². The third kappa shape index (κ3) is 1.50. The summed E-state index contributed by atoms with van der Waals surface area (Å²) >= 11 is 0. The lowest BCUT2D eigenvalue weighted by Gasteiger charge is -2.31. The van der Waals surface area contributed by atoms with Crippen molar-refractivity contribution < 1.29 is 0 Å². The second kappa shape index (κ2) is 3.64. The quantitative estimate of drug-likeness (QED) is 0.783. The minimum absolute atomic E-state index is 0.238. The van der Waals surface area contributed by atoms with Crippen molar-refractivity contribution in [3.63, 3.8) is 0 Å². The lowest BCUT2D eigenvalue weighted by molar-refractivity contribution is 0.226. The molecule has 0 spiro atoms. The van der Waals surface area contributed by atoms with Gasteiger partial charge in [0.05, 0.1) is 0 Å². The van der Waals surface area contributed by atoms with E-state index in [4.69, 9.17) is 5.73 Å². The molecule has 0 heterocycles. The van der Waals surface area contributed by atoms with E-state index in [1.807, 2.05) is 0 Å². The fourth-order valence-electron chi connectivity index (χ4n) is 2.92. The molecule has 0 amide bonds. The van der Waals surface area contributed by atoms with Gasteiger partial charge in [0.2, 0.25) is 0 Å². The van der Waals surface area contributed by atoms with Gasteiger partial charge >= 0.3 is 0 Å². The van der Waals surface area contributed by atoms with E-state index in [-0.39, 0.29) is 6.04 Å². The van der Waals surface area contributed by atoms with Crippen LogP contribution in [0.25, 0.3) is 0 Å². The second-order valence-electron chi connectivity index (χ2n) is 4.93. The predicted molar refractivity (Wildman–Crippen MR) is 64.8 cm³/mol. The van der Waals surface area contributed by atoms with Gasteiger partial charge in [0.25, 0.3) is 0 Å². The van der Waals surface area contributed by atoms with Crippen molar-refractivity contribution in [2.45, 2.75) is 46.1 Å². The molecule has 1 nitrogen and oxygen atoms in total. The summed E-state index contributed by atoms with van der Waals surface area (Å²) in [5.41, 5.74) is 10.9. The zero-order valence-corrected chi connectivity index (χ0v) is 10.0. The lowest BCUT2D eigenvalue weighted by atomic mass is 9.76. The summed E-state index contributed by atoms with van der Waals surface area (Å²) < 4.78 is 0. The Morgan fingerprint density at radius 1 is 1.33 bits per heavy atom. The molecule has 0 bridgehead atoms. The Morgan fingerprint density at radius 2 is 2.00 bits per heavy atom. The number of fused-ring (bicyclic) bond motifs is 1. The van der Waals surface area contributed by atoms with Gasteiger partial charge in [-0.15, -0.1) is 0 Å². The van der Waals surface area contributed by atoms with Crippen molar-refractivity contribution in [3.8, 4) is 0 Å². The molecule has 0 aliphatic heterocycles. The first-order valence-electron chi connectivity index (χ1n) is 5.98. The maximum Gasteiger partial charge on any atom is 0.0357 e. The minimum Gasteiger partial charge on any atom is -0.323 e. The average molecular weight is 203 g/mol. The van der Waals surface area contributed by atoms with Gasteiger partial charge < -0.3 is 5.73 Å². The van der Waals surface area contributed by atoms with Gasteiger partial charge in [-0.05, 0) is 42.7 Å². The highest BCUT2D eigenvalue weighted by molar-refractivity contribution is 5.40. The number of hydrogen-bond acceptors (Lipinski definition) is 1. The molecule has 0 fully saturated rings. The Kier molecular flexibility index (Phi) is 2.59. The van der Waals surface area contributed by atoms with Crippen molar-refractivity contribution in [1.29, 1.82) is 0 Å². The zero-order chi connectivity index (χ0) is 11.1. The minimum atomic E-state index is 0.238. The highest BCUT2D eigenvalue weighted by Crippen LogP contribution is 2.48. The van der Waals surface area contributed by atoms with Gasteiger partial charge in [-0.3, -0.25) is 0 Å². The van der Waals surface area contributed by atoms with Crippen LogP contribution in [0.2, 0.25) is 0 Å². The van der Waals surface area contributed by atoms with Gasteiger partial charge in [0, 0.05) is 6.04 Å². The molecular formula is C14H21N. The van der Waals surface area contributed by atoms with Crippen LogP contribution in [-0.2, 0) is 6.42 Å². The smallest absolute Gasteiger partial charge is 0.0357 e. The molecular weight excluding hydrogens is 182 g/mol. The first-order chi connectivity index (χ1) is 7.13. The average Bonchev–Trinajstić information content (AvgIpc) is 2.53. The van der Waals surface area contributed by atoms with E-state index in [2.05, 4.69) is 39.0 Å². The second-order valence-corrected chi connectivity index (χ2v) is 4.93. The fourth-order valence-corrected chi connectivity index (χ4v) is 2.92. The Bertz CT molecular complexity index is 364. The summed E-state index contributed by atoms with van der Waals surface area (Å²) in [5.74, 6) is 0. The van der Waals surface area contributed by atoms with Gasteiger partial charge in [-0.2, -0.15) is 0 Å². The summed E-state index contributed by atoms with van der Waals surface area (Å²) in [5, 5.41) is 0. The Labute approximate surface area is 92.7 Å².